The number of para-hydroxylation sites is 1. The lowest BCUT2D eigenvalue weighted by molar-refractivity contribution is -0.126. The average molecular weight is 400 g/mol. The first-order valence-electron chi connectivity index (χ1n) is 10.1. The highest BCUT2D eigenvalue weighted by Crippen LogP contribution is 2.30. The molecule has 1 heterocycles. The molecule has 0 fully saturated rings. The Morgan fingerprint density at radius 3 is 2.41 bits per heavy atom. The number of amides is 1. The lowest BCUT2D eigenvalue weighted by Crippen LogP contribution is -2.57. The Morgan fingerprint density at radius 1 is 1.21 bits per heavy atom. The third kappa shape index (κ3) is 6.26. The van der Waals surface area contributed by atoms with E-state index in [4.69, 9.17) is 4.74 Å². The number of aryl methyl sites for hydroxylation is 2. The Morgan fingerprint density at radius 2 is 1.90 bits per heavy atom. The van der Waals surface area contributed by atoms with Crippen LogP contribution in [0.3, 0.4) is 0 Å². The topological polar surface area (TPSA) is 64.4 Å². The van der Waals surface area contributed by atoms with Crippen LogP contribution in [0.15, 0.2) is 42.7 Å². The van der Waals surface area contributed by atoms with Gasteiger partial charge in [0.05, 0.1) is 12.2 Å². The summed E-state index contributed by atoms with van der Waals surface area (Å²) < 4.78 is 8.11. The normalized spacial score (nSPS) is 13.7. The van der Waals surface area contributed by atoms with Crippen LogP contribution in [0.25, 0.3) is 0 Å². The number of carbonyl (C=O) groups is 2. The molecule has 2 rings (SSSR count). The van der Waals surface area contributed by atoms with Crippen molar-refractivity contribution in [1.82, 2.24) is 9.55 Å². The second kappa shape index (κ2) is 9.83. The Hall–Kier alpha value is -2.47. The summed E-state index contributed by atoms with van der Waals surface area (Å²) in [6, 6.07) is 9.33. The van der Waals surface area contributed by atoms with Gasteiger partial charge in [-0.05, 0) is 59.1 Å². The summed E-state index contributed by atoms with van der Waals surface area (Å²) in [6.07, 6.45) is 6.81. The van der Waals surface area contributed by atoms with E-state index in [1.165, 1.54) is 6.92 Å². The molecule has 1 amide bonds. The lowest BCUT2D eigenvalue weighted by atomic mass is 9.91. The summed E-state index contributed by atoms with van der Waals surface area (Å²) in [7, 11) is 0. The van der Waals surface area contributed by atoms with Gasteiger partial charge in [-0.2, -0.15) is 0 Å². The number of unbranched alkanes of at least 4 members (excludes halogenated alkanes) is 1. The molecule has 0 N–H and O–H groups in total. The van der Waals surface area contributed by atoms with Gasteiger partial charge in [0.1, 0.15) is 17.6 Å². The van der Waals surface area contributed by atoms with Gasteiger partial charge < -0.3 is 14.1 Å². The van der Waals surface area contributed by atoms with Gasteiger partial charge >= 0.3 is 0 Å². The molecule has 0 saturated heterocycles. The van der Waals surface area contributed by atoms with Crippen LogP contribution in [-0.4, -0.2) is 39.5 Å². The van der Waals surface area contributed by atoms with Crippen molar-refractivity contribution in [1.29, 1.82) is 0 Å². The van der Waals surface area contributed by atoms with Crippen molar-refractivity contribution in [2.45, 2.75) is 71.6 Å². The fourth-order valence-electron chi connectivity index (χ4n) is 3.42. The molecule has 6 heteroatoms. The van der Waals surface area contributed by atoms with Crippen molar-refractivity contribution in [3.8, 4) is 0 Å². The first kappa shape index (κ1) is 22.8. The van der Waals surface area contributed by atoms with E-state index in [1.54, 1.807) is 11.1 Å². The quantitative estimate of drug-likeness (QED) is 0.444. The molecule has 29 heavy (non-hydrogen) atoms. The van der Waals surface area contributed by atoms with Crippen LogP contribution in [0, 0.1) is 6.92 Å². The van der Waals surface area contributed by atoms with Crippen molar-refractivity contribution in [2.24, 2.45) is 0 Å². The molecule has 0 radical (unpaired) electrons. The molecule has 6 nitrogen and oxygen atoms in total. The number of anilines is 1. The minimum atomic E-state index is -1.05. The summed E-state index contributed by atoms with van der Waals surface area (Å²) in [5.41, 5.74) is -0.763. The van der Waals surface area contributed by atoms with E-state index in [2.05, 4.69) is 9.55 Å². The summed E-state index contributed by atoms with van der Waals surface area (Å²) in [5, 5.41) is 0. The number of nitrogens with zero attached hydrogens (tertiary/aromatic N) is 3. The molecule has 0 aliphatic carbocycles. The zero-order valence-corrected chi connectivity index (χ0v) is 18.2. The molecule has 0 saturated carbocycles. The molecule has 0 bridgehead atoms. The molecular formula is C23H33N3O3. The largest absolute Gasteiger partial charge is 0.373 e. The number of rotatable bonds is 10. The van der Waals surface area contributed by atoms with Crippen molar-refractivity contribution < 1.29 is 14.3 Å². The van der Waals surface area contributed by atoms with Gasteiger partial charge in [-0.1, -0.05) is 18.2 Å². The summed E-state index contributed by atoms with van der Waals surface area (Å²) in [5.74, 6) is 0.795. The molecule has 1 aromatic carbocycles. The minimum Gasteiger partial charge on any atom is -0.373 e. The summed E-state index contributed by atoms with van der Waals surface area (Å²) in [6.45, 7) is 10.3. The first-order chi connectivity index (χ1) is 13.7. The van der Waals surface area contributed by atoms with Crippen LogP contribution in [0.2, 0.25) is 0 Å². The maximum absolute atomic E-state index is 12.6. The van der Waals surface area contributed by atoms with Crippen LogP contribution in [0.4, 0.5) is 5.69 Å². The second-order valence-electron chi connectivity index (χ2n) is 8.44. The van der Waals surface area contributed by atoms with Gasteiger partial charge in [0.25, 0.3) is 0 Å². The molecule has 1 aromatic heterocycles. The number of hydrogen-bond donors (Lipinski definition) is 0. The third-order valence-electron chi connectivity index (χ3n) is 4.93. The van der Waals surface area contributed by atoms with Gasteiger partial charge in [-0.15, -0.1) is 0 Å². The van der Waals surface area contributed by atoms with Gasteiger partial charge in [-0.3, -0.25) is 9.69 Å². The van der Waals surface area contributed by atoms with Gasteiger partial charge in [0, 0.05) is 31.5 Å². The van der Waals surface area contributed by atoms with E-state index < -0.39 is 11.1 Å². The smallest absolute Gasteiger partial charge is 0.224 e. The zero-order chi connectivity index (χ0) is 21.5. The predicted octanol–water partition coefficient (Wildman–Crippen LogP) is 4.17. The van der Waals surface area contributed by atoms with E-state index in [1.807, 2.05) is 64.2 Å². The van der Waals surface area contributed by atoms with Crippen LogP contribution >= 0.6 is 0 Å². The highest BCUT2D eigenvalue weighted by Gasteiger charge is 2.40. The van der Waals surface area contributed by atoms with Gasteiger partial charge in [-0.25, -0.2) is 4.98 Å². The van der Waals surface area contributed by atoms with E-state index in [0.717, 1.165) is 31.5 Å². The SMILES string of the molecule is CC(=O)N(c1ccccc1)[C@@](C=O)(CCCCn1ccnc1C)COC(C)(C)C. The molecule has 0 unspecified atom stereocenters. The van der Waals surface area contributed by atoms with Crippen molar-refractivity contribution >= 4 is 17.9 Å². The van der Waals surface area contributed by atoms with Gasteiger partial charge in [0.2, 0.25) is 5.91 Å². The Bertz CT molecular complexity index is 795. The fraction of sp³-hybridized carbons (Fsp3) is 0.522. The van der Waals surface area contributed by atoms with Crippen LogP contribution in [-0.2, 0) is 20.9 Å². The van der Waals surface area contributed by atoms with Crippen molar-refractivity contribution in [2.75, 3.05) is 11.5 Å². The van der Waals surface area contributed by atoms with Gasteiger partial charge in [0.15, 0.2) is 0 Å². The number of aldehydes is 1. The highest BCUT2D eigenvalue weighted by molar-refractivity contribution is 5.97. The summed E-state index contributed by atoms with van der Waals surface area (Å²) in [4.78, 5) is 30.9. The van der Waals surface area contributed by atoms with E-state index in [9.17, 15) is 9.59 Å². The second-order valence-corrected chi connectivity index (χ2v) is 8.44. The molecule has 2 aromatic rings. The number of imidazole rings is 1. The summed E-state index contributed by atoms with van der Waals surface area (Å²) >= 11 is 0. The van der Waals surface area contributed by atoms with Crippen LogP contribution in [0.5, 0.6) is 0 Å². The maximum Gasteiger partial charge on any atom is 0.224 e. The van der Waals surface area contributed by atoms with Crippen molar-refractivity contribution in [3.05, 3.63) is 48.5 Å². The number of aromatic nitrogens is 2. The Balaban J connectivity index is 2.24. The van der Waals surface area contributed by atoms with Crippen LogP contribution < -0.4 is 4.90 Å². The number of carbonyl (C=O) groups excluding carboxylic acids is 2. The molecule has 0 aliphatic heterocycles. The minimum absolute atomic E-state index is 0.151. The van der Waals surface area contributed by atoms with Crippen LogP contribution in [0.1, 0.15) is 52.8 Å². The van der Waals surface area contributed by atoms with E-state index in [0.29, 0.717) is 12.1 Å². The van der Waals surface area contributed by atoms with E-state index in [-0.39, 0.29) is 12.5 Å². The Labute approximate surface area is 173 Å². The average Bonchev–Trinajstić information content (AvgIpc) is 3.07. The maximum atomic E-state index is 12.6. The van der Waals surface area contributed by atoms with E-state index >= 15 is 0 Å². The number of benzene rings is 1. The zero-order valence-electron chi connectivity index (χ0n) is 18.2. The molecule has 0 aliphatic rings. The van der Waals surface area contributed by atoms with Crippen molar-refractivity contribution in [3.63, 3.8) is 0 Å². The molecule has 158 valence electrons. The monoisotopic (exact) mass is 399 g/mol. The number of ether oxygens (including phenoxy) is 1. The Kier molecular flexibility index (Phi) is 7.73. The lowest BCUT2D eigenvalue weighted by Gasteiger charge is -2.41. The predicted molar refractivity (Wildman–Crippen MR) is 115 cm³/mol. The molecule has 0 spiro atoms. The third-order valence-corrected chi connectivity index (χ3v) is 4.93. The molecule has 1 atom stereocenters. The standard InChI is InChI=1S/C23H33N3O3/c1-19-24-14-16-25(19)15-10-9-13-23(17-27,18-29-22(3,4)5)26(20(2)28)21-11-7-6-8-12-21/h6-8,11-12,14,16-17H,9-10,13,15,18H2,1-5H3/t23-/m1/s1. The number of hydrogen-bond acceptors (Lipinski definition) is 4. The highest BCUT2D eigenvalue weighted by atomic mass is 16.5. The first-order valence-corrected chi connectivity index (χ1v) is 10.1. The molecular weight excluding hydrogens is 366 g/mol. The fourth-order valence-corrected chi connectivity index (χ4v) is 3.42.